The fourth-order valence-electron chi connectivity index (χ4n) is 7.65. The van der Waals surface area contributed by atoms with Crippen LogP contribution in [0.15, 0.2) is 85.3 Å². The number of nitrogens with zero attached hydrogens (tertiary/aromatic N) is 5. The Morgan fingerprint density at radius 1 is 0.732 bits per heavy atom. The molecule has 7 heteroatoms. The summed E-state index contributed by atoms with van der Waals surface area (Å²) in [5.74, 6) is 2.93. The third-order valence-corrected chi connectivity index (χ3v) is 10.5. The van der Waals surface area contributed by atoms with Crippen LogP contribution in [-0.2, 0) is 21.1 Å². The number of anilines is 1. The molecule has 0 saturated heterocycles. The zero-order valence-corrected chi connectivity index (χ0v) is 37.1. The van der Waals surface area contributed by atoms with Crippen LogP contribution in [0.3, 0.4) is 0 Å². The summed E-state index contributed by atoms with van der Waals surface area (Å²) in [7, 11) is 0. The van der Waals surface area contributed by atoms with Crippen molar-refractivity contribution in [3.63, 3.8) is 0 Å². The van der Waals surface area contributed by atoms with E-state index < -0.39 is 0 Å². The van der Waals surface area contributed by atoms with Gasteiger partial charge >= 0.3 is 0 Å². The molecule has 0 saturated carbocycles. The van der Waals surface area contributed by atoms with E-state index >= 15 is 0 Å². The second-order valence-electron chi connectivity index (χ2n) is 17.0. The quantitative estimate of drug-likeness (QED) is 0.135. The molecule has 0 amide bonds. The molecule has 1 aliphatic rings. The van der Waals surface area contributed by atoms with Gasteiger partial charge < -0.3 is 14.5 Å². The van der Waals surface area contributed by atoms with Gasteiger partial charge in [-0.15, -0.1) is 36.0 Å². The van der Waals surface area contributed by atoms with Gasteiger partial charge in [0.1, 0.15) is 0 Å². The Kier molecular flexibility index (Phi) is 11.7. The molecule has 7 rings (SSSR count). The third-order valence-electron chi connectivity index (χ3n) is 10.5. The van der Waals surface area contributed by atoms with E-state index in [1.807, 2.05) is 41.3 Å². The number of aromatic nitrogens is 3. The zero-order valence-electron chi connectivity index (χ0n) is 34.9. The Morgan fingerprint density at radius 3 is 2.00 bits per heavy atom. The minimum Gasteiger partial charge on any atom is -0.509 e. The van der Waals surface area contributed by atoms with Crippen molar-refractivity contribution < 1.29 is 25.8 Å². The van der Waals surface area contributed by atoms with Gasteiger partial charge in [-0.05, 0) is 134 Å². The van der Waals surface area contributed by atoms with Crippen molar-refractivity contribution in [2.75, 3.05) is 4.90 Å². The van der Waals surface area contributed by atoms with E-state index in [9.17, 15) is 0 Å². The standard InChI is InChI=1S/C49H54N5O.Pt/c1-30(2)37-24-42(31(3)4)47(43(25-37)32(5)6)48-41-17-16-40(55-39-15-13-14-38(27-39)52-20-21-53(29-52)49(10,11)12)28-44(41)54(51-48)45-26-36(18-19-50-45)46-34(8)22-33(7)23-35(46)9;/h13-26,29-32H,1-12H3;/q-3;. The summed E-state index contributed by atoms with van der Waals surface area (Å²) in [6, 6.07) is 30.7. The normalized spacial score (nSPS) is 13.1. The van der Waals surface area contributed by atoms with Crippen molar-refractivity contribution in [2.45, 2.75) is 106 Å². The van der Waals surface area contributed by atoms with Crippen LogP contribution in [0.5, 0.6) is 11.5 Å². The second-order valence-corrected chi connectivity index (χ2v) is 17.0. The fourth-order valence-corrected chi connectivity index (χ4v) is 7.65. The summed E-state index contributed by atoms with van der Waals surface area (Å²) in [6.45, 7) is 28.8. The van der Waals surface area contributed by atoms with Gasteiger partial charge in [0.15, 0.2) is 5.82 Å². The number of hydrogen-bond acceptors (Lipinski definition) is 5. The first kappa shape index (κ1) is 41.0. The van der Waals surface area contributed by atoms with Crippen LogP contribution in [0.4, 0.5) is 5.69 Å². The van der Waals surface area contributed by atoms with Gasteiger partial charge in [0.2, 0.25) is 0 Å². The third kappa shape index (κ3) is 8.09. The molecule has 2 aromatic heterocycles. The maximum atomic E-state index is 6.54. The van der Waals surface area contributed by atoms with E-state index in [2.05, 4.69) is 160 Å². The number of benzene rings is 4. The average molecular weight is 924 g/mol. The fraction of sp³-hybridized carbons (Fsp3) is 0.327. The molecule has 0 unspecified atom stereocenters. The average Bonchev–Trinajstić information content (AvgIpc) is 3.77. The monoisotopic (exact) mass is 923 g/mol. The van der Waals surface area contributed by atoms with Gasteiger partial charge in [0.25, 0.3) is 0 Å². The molecule has 0 fully saturated rings. The van der Waals surface area contributed by atoms with Crippen molar-refractivity contribution >= 4 is 16.6 Å². The van der Waals surface area contributed by atoms with Gasteiger partial charge in [-0.2, -0.15) is 23.9 Å². The summed E-state index contributed by atoms with van der Waals surface area (Å²) in [5.41, 5.74) is 13.8. The molecule has 0 bridgehead atoms. The van der Waals surface area contributed by atoms with Gasteiger partial charge in [-0.3, -0.25) is 0 Å². The second kappa shape index (κ2) is 16.1. The molecule has 0 aliphatic carbocycles. The van der Waals surface area contributed by atoms with Gasteiger partial charge in [0.05, 0.1) is 0 Å². The number of hydrogen-bond donors (Lipinski definition) is 0. The molecule has 0 spiro atoms. The molecule has 4 aromatic carbocycles. The number of aryl methyl sites for hydroxylation is 3. The van der Waals surface area contributed by atoms with E-state index in [0.717, 1.165) is 33.7 Å². The minimum atomic E-state index is -0.0277. The van der Waals surface area contributed by atoms with Crippen molar-refractivity contribution in [1.29, 1.82) is 0 Å². The van der Waals surface area contributed by atoms with Gasteiger partial charge in [-0.25, -0.2) is 9.67 Å². The number of pyridine rings is 1. The summed E-state index contributed by atoms with van der Waals surface area (Å²) in [5, 5.41) is 6.46. The van der Waals surface area contributed by atoms with Crippen molar-refractivity contribution in [1.82, 2.24) is 19.7 Å². The van der Waals surface area contributed by atoms with E-state index in [4.69, 9.17) is 14.8 Å². The SMILES string of the molecule is Cc1cc(C)c(-c2ccnc(-n3nc(-c4c(C(C)C)cc(C(C)C)cc4C(C)C)c4ccc(Oc5[c-]c(N6C=CN(C(C)(C)C)[CH-]6)ccc5)[c-]c43)c2)c(C)c1.[Pt]. The number of ether oxygens (including phenoxy) is 1. The predicted molar refractivity (Wildman–Crippen MR) is 228 cm³/mol. The van der Waals surface area contributed by atoms with Gasteiger partial charge in [-0.1, -0.05) is 76.8 Å². The first-order valence-electron chi connectivity index (χ1n) is 19.6. The topological polar surface area (TPSA) is 46.4 Å². The minimum absolute atomic E-state index is 0. The van der Waals surface area contributed by atoms with E-state index in [-0.39, 0.29) is 26.6 Å². The predicted octanol–water partition coefficient (Wildman–Crippen LogP) is 13.0. The molecule has 1 aliphatic heterocycles. The van der Waals surface area contributed by atoms with E-state index in [1.165, 1.54) is 44.5 Å². The van der Waals surface area contributed by atoms with E-state index in [0.29, 0.717) is 29.3 Å². The Balaban J connectivity index is 0.00000532. The van der Waals surface area contributed by atoms with Crippen LogP contribution >= 0.6 is 0 Å². The molecule has 6 nitrogen and oxygen atoms in total. The van der Waals surface area contributed by atoms with Crippen molar-refractivity contribution in [2.24, 2.45) is 0 Å². The first-order chi connectivity index (χ1) is 26.1. The van der Waals surface area contributed by atoms with Crippen molar-refractivity contribution in [3.05, 3.63) is 138 Å². The summed E-state index contributed by atoms with van der Waals surface area (Å²) in [4.78, 5) is 9.18. The van der Waals surface area contributed by atoms with Crippen LogP contribution < -0.4 is 9.64 Å². The molecule has 294 valence electrons. The maximum absolute atomic E-state index is 6.54. The molecule has 0 atom stereocenters. The van der Waals surface area contributed by atoms with Crippen LogP contribution in [0.1, 0.15) is 113 Å². The molecule has 56 heavy (non-hydrogen) atoms. The van der Waals surface area contributed by atoms with Crippen LogP contribution in [0.2, 0.25) is 0 Å². The summed E-state index contributed by atoms with van der Waals surface area (Å²) in [6.07, 6.45) is 6.01. The zero-order chi connectivity index (χ0) is 39.3. The van der Waals surface area contributed by atoms with Crippen LogP contribution in [0.25, 0.3) is 39.1 Å². The first-order valence-corrected chi connectivity index (χ1v) is 19.6. The molecule has 3 heterocycles. The maximum Gasteiger partial charge on any atom is 0.152 e. The molecule has 0 radical (unpaired) electrons. The Hall–Kier alpha value is -4.67. The molecular weight excluding hydrogens is 870 g/mol. The van der Waals surface area contributed by atoms with Crippen molar-refractivity contribution in [3.8, 4) is 39.7 Å². The van der Waals surface area contributed by atoms with Gasteiger partial charge in [0, 0.05) is 50.0 Å². The number of rotatable bonds is 9. The Bertz CT molecular complexity index is 2360. The Morgan fingerprint density at radius 2 is 1.39 bits per heavy atom. The molecule has 0 N–H and O–H groups in total. The largest absolute Gasteiger partial charge is 0.509 e. The van der Waals surface area contributed by atoms with Crippen LogP contribution in [0, 0.1) is 39.6 Å². The van der Waals surface area contributed by atoms with Crippen LogP contribution in [-0.4, -0.2) is 25.2 Å². The summed E-state index contributed by atoms with van der Waals surface area (Å²) >= 11 is 0. The summed E-state index contributed by atoms with van der Waals surface area (Å²) < 4.78 is 8.49. The number of fused-ring (bicyclic) bond motifs is 1. The molecule has 6 aromatic rings. The molecular formula is C49H54N5OPt-3. The van der Waals surface area contributed by atoms with E-state index in [1.54, 1.807) is 0 Å². The smallest absolute Gasteiger partial charge is 0.152 e. The Labute approximate surface area is 348 Å².